The van der Waals surface area contributed by atoms with Gasteiger partial charge >= 0.3 is 0 Å². The fourth-order valence-corrected chi connectivity index (χ4v) is 1.99. The molecule has 19 heavy (non-hydrogen) atoms. The van der Waals surface area contributed by atoms with E-state index in [-0.39, 0.29) is 6.61 Å². The molecule has 2 aromatic heterocycles. The van der Waals surface area contributed by atoms with Gasteiger partial charge in [0.15, 0.2) is 17.7 Å². The highest BCUT2D eigenvalue weighted by Crippen LogP contribution is 2.31. The molecule has 100 valence electrons. The second-order valence-corrected chi connectivity index (χ2v) is 4.12. The van der Waals surface area contributed by atoms with Gasteiger partial charge in [-0.1, -0.05) is 0 Å². The predicted molar refractivity (Wildman–Crippen MR) is 65.8 cm³/mol. The molecule has 1 aliphatic rings. The Morgan fingerprint density at radius 3 is 3.05 bits per heavy atom. The molecule has 3 heterocycles. The molecule has 0 aliphatic carbocycles. The monoisotopic (exact) mass is 263 g/mol. The summed E-state index contributed by atoms with van der Waals surface area (Å²) in [6.07, 6.45) is 5.89. The van der Waals surface area contributed by atoms with Crippen LogP contribution >= 0.6 is 0 Å². The molecule has 3 rings (SSSR count). The van der Waals surface area contributed by atoms with Crippen LogP contribution in [0, 0.1) is 0 Å². The number of aliphatic hydroxyl groups is 1. The number of hydrogen-bond donors (Lipinski definition) is 2. The smallest absolute Gasteiger partial charge is 0.213 e. The van der Waals surface area contributed by atoms with Gasteiger partial charge in [-0.05, 0) is 12.2 Å². The summed E-state index contributed by atoms with van der Waals surface area (Å²) in [6, 6.07) is 0. The molecule has 2 aromatic rings. The number of anilines is 1. The average Bonchev–Trinajstić information content (AvgIpc) is 3.03. The summed E-state index contributed by atoms with van der Waals surface area (Å²) in [5.74, 6) is -0.814. The lowest BCUT2D eigenvalue weighted by Gasteiger charge is -2.25. The molecule has 0 fully saturated rings. The zero-order valence-electron chi connectivity index (χ0n) is 10.2. The lowest BCUT2D eigenvalue weighted by Crippen LogP contribution is -2.35. The number of nitrogens with two attached hydrogens (primary N) is 1. The maximum absolute atomic E-state index is 9.32. The highest BCUT2D eigenvalue weighted by molar-refractivity contribution is 5.81. The molecule has 1 aliphatic heterocycles. The molecular weight excluding hydrogens is 250 g/mol. The van der Waals surface area contributed by atoms with Crippen molar-refractivity contribution in [1.29, 1.82) is 0 Å². The van der Waals surface area contributed by atoms with Gasteiger partial charge in [-0.2, -0.15) is 0 Å². The van der Waals surface area contributed by atoms with E-state index >= 15 is 0 Å². The van der Waals surface area contributed by atoms with Gasteiger partial charge in [-0.15, -0.1) is 0 Å². The van der Waals surface area contributed by atoms with Crippen LogP contribution in [0.2, 0.25) is 0 Å². The van der Waals surface area contributed by atoms with Crippen LogP contribution < -0.4 is 5.73 Å². The number of methoxy groups -OCH3 is 1. The molecule has 0 unspecified atom stereocenters. The molecule has 0 amide bonds. The van der Waals surface area contributed by atoms with E-state index in [9.17, 15) is 5.11 Å². The van der Waals surface area contributed by atoms with Crippen LogP contribution in [0.25, 0.3) is 11.2 Å². The van der Waals surface area contributed by atoms with E-state index < -0.39 is 12.0 Å². The zero-order chi connectivity index (χ0) is 13.5. The molecular formula is C11H13N5O3. The van der Waals surface area contributed by atoms with Crippen molar-refractivity contribution in [3.05, 3.63) is 24.8 Å². The van der Waals surface area contributed by atoms with E-state index in [1.165, 1.54) is 13.4 Å². The first-order chi connectivity index (χ1) is 9.19. The second kappa shape index (κ2) is 4.26. The number of ether oxygens (including phenoxy) is 2. The Morgan fingerprint density at radius 2 is 2.37 bits per heavy atom. The number of fused-ring (bicyclic) bond motifs is 1. The van der Waals surface area contributed by atoms with Crippen LogP contribution in [-0.2, 0) is 9.47 Å². The summed E-state index contributed by atoms with van der Waals surface area (Å²) in [6.45, 7) is -0.278. The van der Waals surface area contributed by atoms with Crippen LogP contribution in [0.5, 0.6) is 0 Å². The zero-order valence-corrected chi connectivity index (χ0v) is 10.2. The van der Waals surface area contributed by atoms with Gasteiger partial charge in [-0.3, -0.25) is 4.57 Å². The lowest BCUT2D eigenvalue weighted by atomic mass is 10.3. The third-order valence-corrected chi connectivity index (χ3v) is 3.06. The lowest BCUT2D eigenvalue weighted by molar-refractivity contribution is -0.224. The Bertz CT molecular complexity index is 634. The number of nitrogen functional groups attached to an aromatic ring is 1. The second-order valence-electron chi connectivity index (χ2n) is 4.12. The maximum atomic E-state index is 9.32. The quantitative estimate of drug-likeness (QED) is 0.740. The van der Waals surface area contributed by atoms with Gasteiger partial charge in [0.2, 0.25) is 5.79 Å². The first-order valence-corrected chi connectivity index (χ1v) is 5.65. The predicted octanol–water partition coefficient (Wildman–Crippen LogP) is -0.172. The fraction of sp³-hybridized carbons (Fsp3) is 0.364. The number of hydrogen-bond acceptors (Lipinski definition) is 7. The molecule has 0 saturated heterocycles. The highest BCUT2D eigenvalue weighted by Gasteiger charge is 2.36. The fourth-order valence-electron chi connectivity index (χ4n) is 1.99. The van der Waals surface area contributed by atoms with Gasteiger partial charge in [0.1, 0.15) is 18.5 Å². The molecule has 2 atom stereocenters. The van der Waals surface area contributed by atoms with Crippen molar-refractivity contribution in [2.45, 2.75) is 12.0 Å². The number of aromatic nitrogens is 4. The van der Waals surface area contributed by atoms with Crippen molar-refractivity contribution in [2.24, 2.45) is 0 Å². The summed E-state index contributed by atoms with van der Waals surface area (Å²) in [7, 11) is 1.47. The van der Waals surface area contributed by atoms with E-state index in [1.54, 1.807) is 23.0 Å². The van der Waals surface area contributed by atoms with Gasteiger partial charge in [0.05, 0.1) is 6.33 Å². The van der Waals surface area contributed by atoms with Crippen LogP contribution in [0.4, 0.5) is 5.82 Å². The number of nitrogens with zero attached hydrogens (tertiary/aromatic N) is 4. The maximum Gasteiger partial charge on any atom is 0.213 e. The Morgan fingerprint density at radius 1 is 1.53 bits per heavy atom. The van der Waals surface area contributed by atoms with Crippen molar-refractivity contribution >= 4 is 17.0 Å². The van der Waals surface area contributed by atoms with Crippen LogP contribution in [0.1, 0.15) is 6.23 Å². The summed E-state index contributed by atoms with van der Waals surface area (Å²) in [5.41, 5.74) is 6.80. The molecule has 8 heteroatoms. The minimum atomic E-state index is -1.13. The topological polar surface area (TPSA) is 108 Å². The van der Waals surface area contributed by atoms with Crippen LogP contribution in [-0.4, -0.2) is 44.1 Å². The van der Waals surface area contributed by atoms with Crippen molar-refractivity contribution < 1.29 is 14.6 Å². The SMILES string of the molecule is CO[C@]1(CO)C=C[C@H](n2cnc3c(N)ncnc32)O1. The van der Waals surface area contributed by atoms with E-state index in [4.69, 9.17) is 15.2 Å². The first kappa shape index (κ1) is 12.0. The summed E-state index contributed by atoms with van der Waals surface area (Å²) >= 11 is 0. The molecule has 3 N–H and O–H groups in total. The highest BCUT2D eigenvalue weighted by atomic mass is 16.7. The van der Waals surface area contributed by atoms with Gasteiger partial charge in [0.25, 0.3) is 0 Å². The van der Waals surface area contributed by atoms with Crippen molar-refractivity contribution in [3.63, 3.8) is 0 Å². The van der Waals surface area contributed by atoms with E-state index in [2.05, 4.69) is 15.0 Å². The normalized spacial score (nSPS) is 26.3. The minimum absolute atomic E-state index is 0.278. The molecule has 8 nitrogen and oxygen atoms in total. The summed E-state index contributed by atoms with van der Waals surface area (Å²) in [5, 5.41) is 9.32. The summed E-state index contributed by atoms with van der Waals surface area (Å²) in [4.78, 5) is 12.2. The molecule has 0 bridgehead atoms. The minimum Gasteiger partial charge on any atom is -0.390 e. The third kappa shape index (κ3) is 1.77. The largest absolute Gasteiger partial charge is 0.390 e. The Hall–Kier alpha value is -2.03. The molecule has 0 radical (unpaired) electrons. The van der Waals surface area contributed by atoms with Crippen molar-refractivity contribution in [3.8, 4) is 0 Å². The third-order valence-electron chi connectivity index (χ3n) is 3.06. The van der Waals surface area contributed by atoms with Crippen LogP contribution in [0.3, 0.4) is 0 Å². The van der Waals surface area contributed by atoms with Gasteiger partial charge in [-0.25, -0.2) is 15.0 Å². The Balaban J connectivity index is 1.99. The Labute approximate surface area is 108 Å². The molecule has 0 spiro atoms. The Kier molecular flexibility index (Phi) is 2.70. The van der Waals surface area contributed by atoms with E-state index in [1.807, 2.05) is 0 Å². The number of imidazole rings is 1. The number of rotatable bonds is 3. The average molecular weight is 263 g/mol. The van der Waals surface area contributed by atoms with Crippen molar-refractivity contribution in [2.75, 3.05) is 19.5 Å². The number of aliphatic hydroxyl groups excluding tert-OH is 1. The van der Waals surface area contributed by atoms with Gasteiger partial charge < -0.3 is 20.3 Å². The van der Waals surface area contributed by atoms with Gasteiger partial charge in [0, 0.05) is 7.11 Å². The van der Waals surface area contributed by atoms with E-state index in [0.717, 1.165) is 0 Å². The van der Waals surface area contributed by atoms with Crippen molar-refractivity contribution in [1.82, 2.24) is 19.5 Å². The first-order valence-electron chi connectivity index (χ1n) is 5.65. The molecule has 0 saturated carbocycles. The van der Waals surface area contributed by atoms with E-state index in [0.29, 0.717) is 17.0 Å². The summed E-state index contributed by atoms with van der Waals surface area (Å²) < 4.78 is 12.5. The van der Waals surface area contributed by atoms with Crippen LogP contribution in [0.15, 0.2) is 24.8 Å². The molecule has 0 aromatic carbocycles. The standard InChI is InChI=1S/C11H13N5O3/c1-18-11(4-17)3-2-7(19-11)16-6-15-8-9(12)13-5-14-10(8)16/h2-3,5-7,17H,4H2,1H3,(H2,12,13,14)/t7-,11-/m1/s1.